The Morgan fingerprint density at radius 2 is 2.33 bits per heavy atom. The molecule has 0 aromatic rings. The molecule has 3 heteroatoms. The van der Waals surface area contributed by atoms with E-state index in [1.165, 1.54) is 0 Å². The van der Waals surface area contributed by atoms with Crippen molar-refractivity contribution in [2.24, 2.45) is 5.73 Å². The van der Waals surface area contributed by atoms with Gasteiger partial charge in [0.25, 0.3) is 0 Å². The van der Waals surface area contributed by atoms with Crippen LogP contribution in [0, 0.1) is 0 Å². The van der Waals surface area contributed by atoms with Crippen LogP contribution >= 0.6 is 11.8 Å². The average molecular weight is 149 g/mol. The van der Waals surface area contributed by atoms with E-state index in [4.69, 9.17) is 10.8 Å². The van der Waals surface area contributed by atoms with Gasteiger partial charge in [0, 0.05) is 6.04 Å². The molecule has 0 radical (unpaired) electrons. The molecule has 0 saturated carbocycles. The van der Waals surface area contributed by atoms with Crippen molar-refractivity contribution in [2.45, 2.75) is 18.9 Å². The molecule has 0 rings (SSSR count). The summed E-state index contributed by atoms with van der Waals surface area (Å²) in [6.45, 7) is 0.119. The number of hydrogen-bond donors (Lipinski definition) is 2. The molecule has 56 valence electrons. The molecule has 0 aliphatic heterocycles. The molecule has 9 heavy (non-hydrogen) atoms. The fraction of sp³-hybridized carbons (Fsp3) is 1.00. The van der Waals surface area contributed by atoms with Gasteiger partial charge in [0.2, 0.25) is 0 Å². The lowest BCUT2D eigenvalue weighted by Crippen LogP contribution is -2.24. The second-order valence-corrected chi connectivity index (χ2v) is 3.06. The van der Waals surface area contributed by atoms with Crippen molar-refractivity contribution < 1.29 is 5.11 Å². The first-order chi connectivity index (χ1) is 4.31. The highest BCUT2D eigenvalue weighted by Gasteiger charge is 1.97. The summed E-state index contributed by atoms with van der Waals surface area (Å²) < 4.78 is 0. The SMILES string of the molecule is CSCCCC(N)CO. The zero-order valence-corrected chi connectivity index (χ0v) is 6.66. The molecule has 0 aromatic carbocycles. The topological polar surface area (TPSA) is 46.2 Å². The second kappa shape index (κ2) is 6.39. The third kappa shape index (κ3) is 6.15. The number of rotatable bonds is 5. The van der Waals surface area contributed by atoms with Gasteiger partial charge in [0.15, 0.2) is 0 Å². The quantitative estimate of drug-likeness (QED) is 0.558. The zero-order chi connectivity index (χ0) is 7.11. The maximum absolute atomic E-state index is 8.50. The summed E-state index contributed by atoms with van der Waals surface area (Å²) in [5, 5.41) is 8.50. The molecule has 0 amide bonds. The van der Waals surface area contributed by atoms with Crippen molar-refractivity contribution in [1.29, 1.82) is 0 Å². The number of nitrogens with two attached hydrogens (primary N) is 1. The first kappa shape index (κ1) is 9.27. The number of aliphatic hydroxyl groups is 1. The maximum Gasteiger partial charge on any atom is 0.0582 e. The van der Waals surface area contributed by atoms with Crippen LogP contribution < -0.4 is 5.73 Å². The minimum absolute atomic E-state index is 0.00264. The monoisotopic (exact) mass is 149 g/mol. The summed E-state index contributed by atoms with van der Waals surface area (Å²) in [4.78, 5) is 0. The highest BCUT2D eigenvalue weighted by Crippen LogP contribution is 2.00. The molecule has 0 fully saturated rings. The van der Waals surface area contributed by atoms with Crippen LogP contribution in [-0.4, -0.2) is 29.8 Å². The van der Waals surface area contributed by atoms with Crippen molar-refractivity contribution in [3.63, 3.8) is 0 Å². The lowest BCUT2D eigenvalue weighted by Gasteiger charge is -2.05. The van der Waals surface area contributed by atoms with Crippen LogP contribution in [0.4, 0.5) is 0 Å². The van der Waals surface area contributed by atoms with Gasteiger partial charge < -0.3 is 10.8 Å². The van der Waals surface area contributed by atoms with E-state index < -0.39 is 0 Å². The smallest absolute Gasteiger partial charge is 0.0582 e. The van der Waals surface area contributed by atoms with Crippen LogP contribution in [0.1, 0.15) is 12.8 Å². The molecule has 2 nitrogen and oxygen atoms in total. The molecule has 1 atom stereocenters. The fourth-order valence-electron chi connectivity index (χ4n) is 0.581. The third-order valence-corrected chi connectivity index (χ3v) is 1.85. The molecule has 1 unspecified atom stereocenters. The van der Waals surface area contributed by atoms with E-state index in [0.29, 0.717) is 0 Å². The molecule has 0 spiro atoms. The van der Waals surface area contributed by atoms with Crippen LogP contribution in [0.3, 0.4) is 0 Å². The molecular weight excluding hydrogens is 134 g/mol. The van der Waals surface area contributed by atoms with Gasteiger partial charge in [-0.05, 0) is 24.9 Å². The highest BCUT2D eigenvalue weighted by atomic mass is 32.2. The minimum atomic E-state index is -0.00264. The second-order valence-electron chi connectivity index (χ2n) is 2.08. The summed E-state index contributed by atoms with van der Waals surface area (Å²) in [5.74, 6) is 1.15. The van der Waals surface area contributed by atoms with Gasteiger partial charge in [0.1, 0.15) is 0 Å². The summed E-state index contributed by atoms with van der Waals surface area (Å²) in [7, 11) is 0. The molecule has 0 heterocycles. The van der Waals surface area contributed by atoms with Crippen molar-refractivity contribution in [2.75, 3.05) is 18.6 Å². The Kier molecular flexibility index (Phi) is 6.58. The van der Waals surface area contributed by atoms with Crippen LogP contribution in [0.15, 0.2) is 0 Å². The lowest BCUT2D eigenvalue weighted by molar-refractivity contribution is 0.259. The van der Waals surface area contributed by atoms with E-state index in [2.05, 4.69) is 6.26 Å². The van der Waals surface area contributed by atoms with Crippen molar-refractivity contribution in [1.82, 2.24) is 0 Å². The predicted octanol–water partition coefficient (Wildman–Crippen LogP) is 0.449. The number of thioether (sulfide) groups is 1. The maximum atomic E-state index is 8.50. The largest absolute Gasteiger partial charge is 0.395 e. The van der Waals surface area contributed by atoms with Gasteiger partial charge in [-0.1, -0.05) is 0 Å². The molecule has 3 N–H and O–H groups in total. The Bertz CT molecular complexity index is 61.0. The molecule has 0 bridgehead atoms. The van der Waals surface area contributed by atoms with Gasteiger partial charge >= 0.3 is 0 Å². The van der Waals surface area contributed by atoms with E-state index >= 15 is 0 Å². The Labute approximate surface area is 60.8 Å². The summed E-state index contributed by atoms with van der Waals surface area (Å²) in [6.07, 6.45) is 4.13. The van der Waals surface area contributed by atoms with Gasteiger partial charge in [0.05, 0.1) is 6.61 Å². The minimum Gasteiger partial charge on any atom is -0.395 e. The van der Waals surface area contributed by atoms with Crippen LogP contribution in [0.2, 0.25) is 0 Å². The van der Waals surface area contributed by atoms with Gasteiger partial charge in [-0.25, -0.2) is 0 Å². The lowest BCUT2D eigenvalue weighted by atomic mass is 10.2. The normalized spacial score (nSPS) is 13.7. The van der Waals surface area contributed by atoms with Crippen molar-refractivity contribution >= 4 is 11.8 Å². The predicted molar refractivity (Wildman–Crippen MR) is 42.7 cm³/mol. The van der Waals surface area contributed by atoms with Crippen LogP contribution in [0.5, 0.6) is 0 Å². The Morgan fingerprint density at radius 1 is 1.67 bits per heavy atom. The molecule has 0 aromatic heterocycles. The summed E-state index contributed by atoms with van der Waals surface area (Å²) >= 11 is 1.82. The fourth-order valence-corrected chi connectivity index (χ4v) is 1.04. The van der Waals surface area contributed by atoms with E-state index in [0.717, 1.165) is 18.6 Å². The van der Waals surface area contributed by atoms with Gasteiger partial charge in [-0.3, -0.25) is 0 Å². The van der Waals surface area contributed by atoms with E-state index in [-0.39, 0.29) is 12.6 Å². The molecule has 0 aliphatic carbocycles. The van der Waals surface area contributed by atoms with Gasteiger partial charge in [-0.15, -0.1) is 0 Å². The van der Waals surface area contributed by atoms with Crippen molar-refractivity contribution in [3.8, 4) is 0 Å². The van der Waals surface area contributed by atoms with Crippen molar-refractivity contribution in [3.05, 3.63) is 0 Å². The Balaban J connectivity index is 2.88. The van der Waals surface area contributed by atoms with Crippen LogP contribution in [-0.2, 0) is 0 Å². The standard InChI is InChI=1S/C6H15NOS/c1-9-4-2-3-6(7)5-8/h6,8H,2-5,7H2,1H3. The van der Waals surface area contributed by atoms with E-state index in [9.17, 15) is 0 Å². The number of hydrogen-bond acceptors (Lipinski definition) is 3. The van der Waals surface area contributed by atoms with Gasteiger partial charge in [-0.2, -0.15) is 11.8 Å². The molecular formula is C6H15NOS. The summed E-state index contributed by atoms with van der Waals surface area (Å²) in [5.41, 5.74) is 5.45. The van der Waals surface area contributed by atoms with Crippen LogP contribution in [0.25, 0.3) is 0 Å². The molecule has 0 aliphatic rings. The highest BCUT2D eigenvalue weighted by molar-refractivity contribution is 7.98. The van der Waals surface area contributed by atoms with E-state index in [1.54, 1.807) is 0 Å². The zero-order valence-electron chi connectivity index (χ0n) is 5.84. The Morgan fingerprint density at radius 3 is 2.78 bits per heavy atom. The number of aliphatic hydroxyl groups excluding tert-OH is 1. The molecule has 0 saturated heterocycles. The summed E-state index contributed by atoms with van der Waals surface area (Å²) in [6, 6.07) is -0.00264. The Hall–Kier alpha value is 0.270. The first-order valence-electron chi connectivity index (χ1n) is 3.16. The average Bonchev–Trinajstić information content (AvgIpc) is 1.89. The van der Waals surface area contributed by atoms with E-state index in [1.807, 2.05) is 11.8 Å². The third-order valence-electron chi connectivity index (χ3n) is 1.16. The first-order valence-corrected chi connectivity index (χ1v) is 4.56.